The summed E-state index contributed by atoms with van der Waals surface area (Å²) in [6.45, 7) is 0. The van der Waals surface area contributed by atoms with Crippen molar-refractivity contribution in [2.24, 2.45) is 5.10 Å². The second-order valence-corrected chi connectivity index (χ2v) is 4.34. The molecule has 1 amide bonds. The van der Waals surface area contributed by atoms with Gasteiger partial charge in [-0.25, -0.2) is 5.43 Å². The van der Waals surface area contributed by atoms with E-state index in [0.29, 0.717) is 11.3 Å². The first-order valence-electron chi connectivity index (χ1n) is 4.61. The monoisotopic (exact) mass is 278 g/mol. The van der Waals surface area contributed by atoms with Crippen molar-refractivity contribution in [2.45, 2.75) is 0 Å². The molecule has 2 heterocycles. The molecule has 0 saturated carbocycles. The fraction of sp³-hybridized carbons (Fsp3) is 0. The number of carbonyl (C=O) groups excluding carboxylic acids is 1. The number of hydrogen-bond donors (Lipinski definition) is 3. The zero-order valence-corrected chi connectivity index (χ0v) is 9.63. The number of rotatable bonds is 0. The molecule has 1 aliphatic rings. The second-order valence-electron chi connectivity index (χ2n) is 3.54. The van der Waals surface area contributed by atoms with Gasteiger partial charge in [0.1, 0.15) is 0 Å². The van der Waals surface area contributed by atoms with E-state index in [1.165, 1.54) is 0 Å². The summed E-state index contributed by atoms with van der Waals surface area (Å²) in [6.07, 6.45) is 1.60. The molecule has 0 saturated heterocycles. The van der Waals surface area contributed by atoms with Gasteiger partial charge in [0.2, 0.25) is 0 Å². The van der Waals surface area contributed by atoms with Crippen molar-refractivity contribution in [2.75, 3.05) is 5.73 Å². The molecule has 16 heavy (non-hydrogen) atoms. The smallest absolute Gasteiger partial charge is 0.272 e. The Hall–Kier alpha value is -1.82. The van der Waals surface area contributed by atoms with Gasteiger partial charge in [-0.2, -0.15) is 5.10 Å². The quantitative estimate of drug-likeness (QED) is 0.640. The molecule has 1 aromatic heterocycles. The lowest BCUT2D eigenvalue weighted by molar-refractivity contribution is 0.0957. The third-order valence-electron chi connectivity index (χ3n) is 2.52. The molecule has 0 bridgehead atoms. The molecule has 80 valence electrons. The SMILES string of the molecule is Nc1cc2c3c(c(Br)[nH]c3c1)C=NNC2=O. The predicted octanol–water partition coefficient (Wildman–Crippen LogP) is 1.59. The topological polar surface area (TPSA) is 83.3 Å². The zero-order chi connectivity index (χ0) is 11.3. The Bertz CT molecular complexity index is 644. The molecule has 0 unspecified atom stereocenters. The number of nitrogens with two attached hydrogens (primary N) is 1. The van der Waals surface area contributed by atoms with Gasteiger partial charge in [-0.3, -0.25) is 4.79 Å². The summed E-state index contributed by atoms with van der Waals surface area (Å²) in [6, 6.07) is 3.44. The molecule has 0 atom stereocenters. The number of benzene rings is 1. The number of carbonyl (C=O) groups is 1. The van der Waals surface area contributed by atoms with Crippen LogP contribution in [0.15, 0.2) is 21.8 Å². The minimum absolute atomic E-state index is 0.251. The molecule has 1 aromatic carbocycles. The molecule has 0 spiro atoms. The van der Waals surface area contributed by atoms with Crippen LogP contribution >= 0.6 is 15.9 Å². The summed E-state index contributed by atoms with van der Waals surface area (Å²) in [5, 5.41) is 4.67. The molecule has 3 rings (SSSR count). The average Bonchev–Trinajstić information content (AvgIpc) is 2.42. The lowest BCUT2D eigenvalue weighted by Gasteiger charge is -2.02. The van der Waals surface area contributed by atoms with Gasteiger partial charge in [0.25, 0.3) is 5.91 Å². The van der Waals surface area contributed by atoms with Crippen LogP contribution in [0.3, 0.4) is 0 Å². The van der Waals surface area contributed by atoms with Crippen LogP contribution in [0.25, 0.3) is 10.9 Å². The fourth-order valence-corrected chi connectivity index (χ4v) is 2.38. The second kappa shape index (κ2) is 3.08. The van der Waals surface area contributed by atoms with Gasteiger partial charge in [0, 0.05) is 22.2 Å². The largest absolute Gasteiger partial charge is 0.399 e. The molecule has 0 aliphatic carbocycles. The van der Waals surface area contributed by atoms with Crippen molar-refractivity contribution in [3.8, 4) is 0 Å². The van der Waals surface area contributed by atoms with Crippen molar-refractivity contribution in [3.63, 3.8) is 0 Å². The number of nitrogen functional groups attached to an aromatic ring is 1. The third-order valence-corrected chi connectivity index (χ3v) is 3.14. The van der Waals surface area contributed by atoms with Crippen molar-refractivity contribution in [3.05, 3.63) is 27.9 Å². The lowest BCUT2D eigenvalue weighted by atomic mass is 10.1. The Morgan fingerprint density at radius 2 is 2.19 bits per heavy atom. The molecule has 5 nitrogen and oxygen atoms in total. The predicted molar refractivity (Wildman–Crippen MR) is 65.5 cm³/mol. The first-order valence-corrected chi connectivity index (χ1v) is 5.40. The highest BCUT2D eigenvalue weighted by molar-refractivity contribution is 9.10. The van der Waals surface area contributed by atoms with E-state index in [0.717, 1.165) is 21.1 Å². The van der Waals surface area contributed by atoms with E-state index in [9.17, 15) is 4.79 Å². The molecule has 4 N–H and O–H groups in total. The summed E-state index contributed by atoms with van der Waals surface area (Å²) in [4.78, 5) is 14.9. The number of anilines is 1. The van der Waals surface area contributed by atoms with Crippen molar-refractivity contribution in [1.82, 2.24) is 10.4 Å². The van der Waals surface area contributed by atoms with E-state index in [1.807, 2.05) is 0 Å². The minimum atomic E-state index is -0.251. The number of nitrogens with zero attached hydrogens (tertiary/aromatic N) is 1. The van der Waals surface area contributed by atoms with Crippen LogP contribution in [-0.2, 0) is 0 Å². The molecule has 0 radical (unpaired) electrons. The van der Waals surface area contributed by atoms with Gasteiger partial charge in [-0.15, -0.1) is 0 Å². The Balaban J connectivity index is 2.54. The number of nitrogens with one attached hydrogen (secondary N) is 2. The van der Waals surface area contributed by atoms with Crippen molar-refractivity contribution < 1.29 is 4.79 Å². The van der Waals surface area contributed by atoms with E-state index >= 15 is 0 Å². The normalized spacial score (nSPS) is 13.9. The maximum Gasteiger partial charge on any atom is 0.272 e. The Labute approximate surface area is 98.8 Å². The standard InChI is InChI=1S/C10H7BrN4O/c11-9-6-3-13-15-10(16)5-1-4(12)2-7(14-9)8(5)6/h1-3,14H,12H2,(H,15,16). The molecule has 1 aliphatic heterocycles. The number of halogens is 1. The van der Waals surface area contributed by atoms with Crippen LogP contribution in [0, 0.1) is 0 Å². The van der Waals surface area contributed by atoms with Gasteiger partial charge < -0.3 is 10.7 Å². The Morgan fingerprint density at radius 3 is 3.00 bits per heavy atom. The Kier molecular flexibility index (Phi) is 1.81. The Morgan fingerprint density at radius 1 is 1.38 bits per heavy atom. The van der Waals surface area contributed by atoms with Crippen LogP contribution in [0.4, 0.5) is 5.69 Å². The number of hydrogen-bond acceptors (Lipinski definition) is 3. The highest BCUT2D eigenvalue weighted by Gasteiger charge is 2.19. The molecule has 2 aromatic rings. The van der Waals surface area contributed by atoms with Crippen molar-refractivity contribution >= 4 is 44.6 Å². The van der Waals surface area contributed by atoms with Gasteiger partial charge in [0.05, 0.1) is 16.4 Å². The number of hydrazone groups is 1. The van der Waals surface area contributed by atoms with E-state index in [-0.39, 0.29) is 5.91 Å². The van der Waals surface area contributed by atoms with Crippen LogP contribution in [0.5, 0.6) is 0 Å². The summed E-state index contributed by atoms with van der Waals surface area (Å²) in [5.41, 5.74) is 10.9. The van der Waals surface area contributed by atoms with Gasteiger partial charge in [0.15, 0.2) is 0 Å². The third kappa shape index (κ3) is 1.16. The summed E-state index contributed by atoms with van der Waals surface area (Å²) in [7, 11) is 0. The first kappa shape index (κ1) is 9.41. The van der Waals surface area contributed by atoms with Crippen LogP contribution in [0.2, 0.25) is 0 Å². The van der Waals surface area contributed by atoms with Crippen LogP contribution in [0.1, 0.15) is 15.9 Å². The van der Waals surface area contributed by atoms with Gasteiger partial charge in [-0.05, 0) is 28.1 Å². The summed E-state index contributed by atoms with van der Waals surface area (Å²) >= 11 is 3.39. The number of aromatic amines is 1. The maximum atomic E-state index is 11.7. The highest BCUT2D eigenvalue weighted by Crippen LogP contribution is 2.31. The lowest BCUT2D eigenvalue weighted by Crippen LogP contribution is -2.16. The van der Waals surface area contributed by atoms with Crippen molar-refractivity contribution in [1.29, 1.82) is 0 Å². The van der Waals surface area contributed by atoms with E-state index in [2.05, 4.69) is 31.4 Å². The zero-order valence-electron chi connectivity index (χ0n) is 8.04. The van der Waals surface area contributed by atoms with E-state index in [4.69, 9.17) is 5.73 Å². The van der Waals surface area contributed by atoms with Gasteiger partial charge >= 0.3 is 0 Å². The van der Waals surface area contributed by atoms with Crippen LogP contribution in [-0.4, -0.2) is 17.1 Å². The average molecular weight is 279 g/mol. The number of H-pyrrole nitrogens is 1. The molecular formula is C10H7BrN4O. The van der Waals surface area contributed by atoms with Crippen LogP contribution < -0.4 is 11.2 Å². The molecule has 0 fully saturated rings. The highest BCUT2D eigenvalue weighted by atomic mass is 79.9. The number of amides is 1. The molecular weight excluding hydrogens is 272 g/mol. The summed E-state index contributed by atoms with van der Waals surface area (Å²) < 4.78 is 0.787. The first-order chi connectivity index (χ1) is 7.66. The maximum absolute atomic E-state index is 11.7. The van der Waals surface area contributed by atoms with E-state index < -0.39 is 0 Å². The summed E-state index contributed by atoms with van der Waals surface area (Å²) in [5.74, 6) is -0.251. The minimum Gasteiger partial charge on any atom is -0.399 e. The number of aromatic nitrogens is 1. The molecule has 6 heteroatoms. The van der Waals surface area contributed by atoms with Gasteiger partial charge in [-0.1, -0.05) is 0 Å². The fourth-order valence-electron chi connectivity index (χ4n) is 1.86. The van der Waals surface area contributed by atoms with E-state index in [1.54, 1.807) is 18.3 Å².